The highest BCUT2D eigenvalue weighted by molar-refractivity contribution is 5.48. The van der Waals surface area contributed by atoms with Crippen molar-refractivity contribution in [1.29, 1.82) is 0 Å². The van der Waals surface area contributed by atoms with E-state index in [0.29, 0.717) is 5.78 Å². The molecule has 0 aliphatic heterocycles. The molecule has 0 radical (unpaired) electrons. The molecule has 0 atom stereocenters. The Kier molecular flexibility index (Phi) is 1.88. The van der Waals surface area contributed by atoms with Gasteiger partial charge in [0.05, 0.1) is 12.1 Å². The van der Waals surface area contributed by atoms with Crippen molar-refractivity contribution >= 4 is 11.6 Å². The maximum absolute atomic E-state index is 9.29. The zero-order valence-electron chi connectivity index (χ0n) is 9.01. The van der Waals surface area contributed by atoms with E-state index in [-0.39, 0.29) is 12.1 Å². The van der Waals surface area contributed by atoms with E-state index in [9.17, 15) is 5.11 Å². The van der Waals surface area contributed by atoms with E-state index < -0.39 is 0 Å². The molecule has 0 aromatic carbocycles. The topological polar surface area (TPSA) is 75.3 Å². The van der Waals surface area contributed by atoms with Crippen molar-refractivity contribution in [2.24, 2.45) is 0 Å². The first kappa shape index (κ1) is 9.53. The largest absolute Gasteiger partial charge is 0.394 e. The molecule has 1 aliphatic carbocycles. The molecule has 6 nitrogen and oxygen atoms in total. The van der Waals surface area contributed by atoms with E-state index in [1.165, 1.54) is 6.33 Å². The Morgan fingerprint density at radius 2 is 2.38 bits per heavy atom. The third kappa shape index (κ3) is 1.42. The average Bonchev–Trinajstić information content (AvgIpc) is 2.87. The smallest absolute Gasteiger partial charge is 0.254 e. The normalized spacial score (nSPS) is 17.6. The SMILES string of the molecule is Cc1cc(NC2(CO)CC2)n2ncnc2n1. The highest BCUT2D eigenvalue weighted by atomic mass is 16.3. The molecule has 1 aliphatic rings. The van der Waals surface area contributed by atoms with Crippen LogP contribution in [0.2, 0.25) is 0 Å². The van der Waals surface area contributed by atoms with Crippen LogP contribution in [-0.4, -0.2) is 36.8 Å². The molecule has 1 fully saturated rings. The molecule has 0 saturated heterocycles. The van der Waals surface area contributed by atoms with Crippen molar-refractivity contribution in [1.82, 2.24) is 19.6 Å². The molecule has 2 N–H and O–H groups in total. The summed E-state index contributed by atoms with van der Waals surface area (Å²) in [6.07, 6.45) is 3.45. The molecule has 0 spiro atoms. The van der Waals surface area contributed by atoms with Crippen LogP contribution in [-0.2, 0) is 0 Å². The minimum Gasteiger partial charge on any atom is -0.394 e. The van der Waals surface area contributed by atoms with Gasteiger partial charge >= 0.3 is 0 Å². The third-order valence-electron chi connectivity index (χ3n) is 2.93. The number of aliphatic hydroxyl groups excluding tert-OH is 1. The van der Waals surface area contributed by atoms with Crippen molar-refractivity contribution in [2.75, 3.05) is 11.9 Å². The van der Waals surface area contributed by atoms with E-state index in [0.717, 1.165) is 24.4 Å². The second-order valence-electron chi connectivity index (χ2n) is 4.32. The molecule has 2 aromatic heterocycles. The highest BCUT2D eigenvalue weighted by Crippen LogP contribution is 2.38. The van der Waals surface area contributed by atoms with Crippen LogP contribution in [0.15, 0.2) is 12.4 Å². The van der Waals surface area contributed by atoms with Crippen LogP contribution < -0.4 is 5.32 Å². The number of anilines is 1. The molecular formula is C10H13N5O. The summed E-state index contributed by atoms with van der Waals surface area (Å²) in [7, 11) is 0. The Balaban J connectivity index is 2.05. The second-order valence-corrected chi connectivity index (χ2v) is 4.32. The monoisotopic (exact) mass is 219 g/mol. The number of nitrogens with zero attached hydrogens (tertiary/aromatic N) is 4. The number of hydrogen-bond donors (Lipinski definition) is 2. The predicted molar refractivity (Wildman–Crippen MR) is 58.2 cm³/mol. The number of aliphatic hydroxyl groups is 1. The van der Waals surface area contributed by atoms with Gasteiger partial charge in [-0.2, -0.15) is 14.6 Å². The van der Waals surface area contributed by atoms with Gasteiger partial charge in [-0.1, -0.05) is 0 Å². The van der Waals surface area contributed by atoms with Gasteiger partial charge in [0.1, 0.15) is 12.1 Å². The van der Waals surface area contributed by atoms with Crippen LogP contribution in [0.4, 0.5) is 5.82 Å². The lowest BCUT2D eigenvalue weighted by atomic mass is 10.3. The van der Waals surface area contributed by atoms with Crippen molar-refractivity contribution in [3.8, 4) is 0 Å². The summed E-state index contributed by atoms with van der Waals surface area (Å²) in [5, 5.41) is 16.7. The number of aryl methyl sites for hydroxylation is 1. The molecule has 16 heavy (non-hydrogen) atoms. The summed E-state index contributed by atoms with van der Waals surface area (Å²) >= 11 is 0. The van der Waals surface area contributed by atoms with E-state index in [2.05, 4.69) is 20.4 Å². The summed E-state index contributed by atoms with van der Waals surface area (Å²) in [5.74, 6) is 1.42. The Bertz CT molecular complexity index is 531. The number of nitrogens with one attached hydrogen (secondary N) is 1. The van der Waals surface area contributed by atoms with Crippen molar-refractivity contribution in [2.45, 2.75) is 25.3 Å². The first-order valence-electron chi connectivity index (χ1n) is 5.29. The number of aromatic nitrogens is 4. The van der Waals surface area contributed by atoms with Crippen LogP contribution in [0.3, 0.4) is 0 Å². The molecular weight excluding hydrogens is 206 g/mol. The fraction of sp³-hybridized carbons (Fsp3) is 0.500. The van der Waals surface area contributed by atoms with E-state index in [1.807, 2.05) is 13.0 Å². The third-order valence-corrected chi connectivity index (χ3v) is 2.93. The molecule has 0 amide bonds. The highest BCUT2D eigenvalue weighted by Gasteiger charge is 2.42. The summed E-state index contributed by atoms with van der Waals surface area (Å²) < 4.78 is 1.66. The van der Waals surface area contributed by atoms with Crippen molar-refractivity contribution in [3.05, 3.63) is 18.1 Å². The van der Waals surface area contributed by atoms with Gasteiger partial charge in [-0.15, -0.1) is 0 Å². The summed E-state index contributed by atoms with van der Waals surface area (Å²) in [4.78, 5) is 8.31. The predicted octanol–water partition coefficient (Wildman–Crippen LogP) is 0.370. The first-order chi connectivity index (χ1) is 7.72. The molecule has 2 aromatic rings. The lowest BCUT2D eigenvalue weighted by molar-refractivity contribution is 0.266. The van der Waals surface area contributed by atoms with Crippen LogP contribution in [0, 0.1) is 6.92 Å². The van der Waals surface area contributed by atoms with Gasteiger partial charge in [0.15, 0.2) is 0 Å². The lowest BCUT2D eigenvalue weighted by Gasteiger charge is -2.16. The van der Waals surface area contributed by atoms with Gasteiger partial charge in [-0.25, -0.2) is 4.98 Å². The zero-order chi connectivity index (χ0) is 11.2. The number of hydrogen-bond acceptors (Lipinski definition) is 5. The van der Waals surface area contributed by atoms with E-state index in [4.69, 9.17) is 0 Å². The minimum absolute atomic E-state index is 0.143. The van der Waals surface area contributed by atoms with E-state index in [1.54, 1.807) is 4.52 Å². The summed E-state index contributed by atoms with van der Waals surface area (Å²) in [6, 6.07) is 1.91. The Morgan fingerprint density at radius 1 is 1.56 bits per heavy atom. The van der Waals surface area contributed by atoms with Crippen LogP contribution in [0.5, 0.6) is 0 Å². The van der Waals surface area contributed by atoms with E-state index >= 15 is 0 Å². The number of fused-ring (bicyclic) bond motifs is 1. The van der Waals surface area contributed by atoms with Crippen LogP contribution in [0.1, 0.15) is 18.5 Å². The van der Waals surface area contributed by atoms with Gasteiger partial charge in [-0.3, -0.25) is 0 Å². The van der Waals surface area contributed by atoms with Gasteiger partial charge in [-0.05, 0) is 19.8 Å². The molecule has 6 heteroatoms. The van der Waals surface area contributed by atoms with Crippen molar-refractivity contribution < 1.29 is 5.11 Å². The standard InChI is InChI=1S/C10H13N5O/c1-7-4-8(14-10(5-16)2-3-10)15-9(13-7)11-6-12-15/h4,6,14,16H,2-3,5H2,1H3. The Morgan fingerprint density at radius 3 is 3.06 bits per heavy atom. The average molecular weight is 219 g/mol. The van der Waals surface area contributed by atoms with Gasteiger partial charge < -0.3 is 10.4 Å². The fourth-order valence-corrected chi connectivity index (χ4v) is 1.76. The molecule has 84 valence electrons. The summed E-state index contributed by atoms with van der Waals surface area (Å²) in [6.45, 7) is 2.06. The molecule has 1 saturated carbocycles. The fourth-order valence-electron chi connectivity index (χ4n) is 1.76. The van der Waals surface area contributed by atoms with Crippen LogP contribution in [0.25, 0.3) is 5.78 Å². The zero-order valence-corrected chi connectivity index (χ0v) is 9.01. The Hall–Kier alpha value is -1.69. The minimum atomic E-state index is -0.160. The van der Waals surface area contributed by atoms with Gasteiger partial charge in [0.25, 0.3) is 5.78 Å². The van der Waals surface area contributed by atoms with Gasteiger partial charge in [0.2, 0.25) is 0 Å². The number of rotatable bonds is 3. The van der Waals surface area contributed by atoms with Gasteiger partial charge in [0, 0.05) is 11.8 Å². The quantitative estimate of drug-likeness (QED) is 0.780. The van der Waals surface area contributed by atoms with Crippen molar-refractivity contribution in [3.63, 3.8) is 0 Å². The molecule has 0 unspecified atom stereocenters. The molecule has 2 heterocycles. The molecule has 3 rings (SSSR count). The maximum Gasteiger partial charge on any atom is 0.254 e. The lowest BCUT2D eigenvalue weighted by Crippen LogP contribution is -2.27. The summed E-state index contributed by atoms with van der Waals surface area (Å²) in [5.41, 5.74) is 0.726. The second kappa shape index (κ2) is 3.15. The molecule has 0 bridgehead atoms. The first-order valence-corrected chi connectivity index (χ1v) is 5.29. The maximum atomic E-state index is 9.29. The van der Waals surface area contributed by atoms with Crippen LogP contribution >= 0.6 is 0 Å². The Labute approximate surface area is 92.3 Å².